The summed E-state index contributed by atoms with van der Waals surface area (Å²) < 4.78 is 11.8. The number of nitrogens with one attached hydrogen (secondary N) is 1. The molecule has 0 radical (unpaired) electrons. The second-order valence-corrected chi connectivity index (χ2v) is 8.12. The molecule has 0 spiro atoms. The van der Waals surface area contributed by atoms with Gasteiger partial charge in [0.1, 0.15) is 17.5 Å². The van der Waals surface area contributed by atoms with Crippen molar-refractivity contribution in [2.24, 2.45) is 0 Å². The summed E-state index contributed by atoms with van der Waals surface area (Å²) in [5.74, 6) is 0.910. The Balaban J connectivity index is 2.19. The van der Waals surface area contributed by atoms with E-state index in [2.05, 4.69) is 21.2 Å². The predicted octanol–water partition coefficient (Wildman–Crippen LogP) is 4.17. The lowest BCUT2D eigenvalue weighted by atomic mass is 10.1. The minimum absolute atomic E-state index is 0.0106. The summed E-state index contributed by atoms with van der Waals surface area (Å²) in [6.07, 6.45) is 0.499. The average molecular weight is 477 g/mol. The maximum Gasteiger partial charge on any atom is 0.261 e. The quantitative estimate of drug-likeness (QED) is 0.558. The van der Waals surface area contributed by atoms with E-state index in [1.165, 1.54) is 0 Å². The molecule has 7 heteroatoms. The number of benzene rings is 2. The van der Waals surface area contributed by atoms with E-state index in [1.54, 1.807) is 24.1 Å². The third-order valence-corrected chi connectivity index (χ3v) is 5.03. The van der Waals surface area contributed by atoms with Gasteiger partial charge in [-0.1, -0.05) is 35.0 Å². The molecule has 0 heterocycles. The zero-order chi connectivity index (χ0) is 22.1. The number of rotatable bonds is 10. The smallest absolute Gasteiger partial charge is 0.261 e. The molecule has 0 aromatic heterocycles. The summed E-state index contributed by atoms with van der Waals surface area (Å²) in [5.41, 5.74) is 0.906. The van der Waals surface area contributed by atoms with Gasteiger partial charge in [0.05, 0.1) is 7.11 Å². The van der Waals surface area contributed by atoms with Crippen molar-refractivity contribution in [1.29, 1.82) is 0 Å². The van der Waals surface area contributed by atoms with E-state index in [-0.39, 0.29) is 24.5 Å². The topological polar surface area (TPSA) is 67.9 Å². The Morgan fingerprint density at radius 3 is 2.17 bits per heavy atom. The number of ether oxygens (including phenoxy) is 2. The van der Waals surface area contributed by atoms with Crippen LogP contribution in [0, 0.1) is 0 Å². The fraction of sp³-hybridized carbons (Fsp3) is 0.391. The van der Waals surface area contributed by atoms with E-state index in [1.807, 2.05) is 57.2 Å². The van der Waals surface area contributed by atoms with Gasteiger partial charge in [0, 0.05) is 17.1 Å². The van der Waals surface area contributed by atoms with Crippen molar-refractivity contribution >= 4 is 27.7 Å². The number of hydrogen-bond acceptors (Lipinski definition) is 4. The van der Waals surface area contributed by atoms with E-state index in [0.29, 0.717) is 18.7 Å². The average Bonchev–Trinajstić information content (AvgIpc) is 2.73. The van der Waals surface area contributed by atoms with Crippen LogP contribution in [0.15, 0.2) is 53.0 Å². The van der Waals surface area contributed by atoms with Crippen LogP contribution in [0.3, 0.4) is 0 Å². The lowest BCUT2D eigenvalue weighted by molar-refractivity contribution is -0.143. The number of carbonyl (C=O) groups excluding carboxylic acids is 2. The van der Waals surface area contributed by atoms with E-state index in [9.17, 15) is 9.59 Å². The van der Waals surface area contributed by atoms with Gasteiger partial charge in [-0.25, -0.2) is 0 Å². The third-order valence-electron chi connectivity index (χ3n) is 4.50. The van der Waals surface area contributed by atoms with E-state index >= 15 is 0 Å². The molecule has 162 valence electrons. The Kier molecular flexibility index (Phi) is 9.17. The Morgan fingerprint density at radius 2 is 1.63 bits per heavy atom. The summed E-state index contributed by atoms with van der Waals surface area (Å²) in [4.78, 5) is 27.4. The molecule has 1 N–H and O–H groups in total. The van der Waals surface area contributed by atoms with Gasteiger partial charge in [-0.05, 0) is 62.2 Å². The van der Waals surface area contributed by atoms with Crippen molar-refractivity contribution in [3.63, 3.8) is 0 Å². The van der Waals surface area contributed by atoms with Crippen LogP contribution < -0.4 is 14.8 Å². The molecule has 2 rings (SSSR count). The standard InChI is InChI=1S/C23H29BrN2O4/c1-5-21(23(28)25-16(2)3)26(14-17-6-10-19(29-4)11-7-17)22(27)15-30-20-12-8-18(24)9-13-20/h6-13,16,21H,5,14-15H2,1-4H3,(H,25,28)/t21-/m0/s1. The van der Waals surface area contributed by atoms with Crippen molar-refractivity contribution in [3.8, 4) is 11.5 Å². The molecule has 0 bridgehead atoms. The molecule has 0 fully saturated rings. The molecular formula is C23H29BrN2O4. The number of hydrogen-bond donors (Lipinski definition) is 1. The summed E-state index contributed by atoms with van der Waals surface area (Å²) in [6.45, 7) is 5.85. The molecule has 1 atom stereocenters. The summed E-state index contributed by atoms with van der Waals surface area (Å²) in [7, 11) is 1.60. The van der Waals surface area contributed by atoms with Crippen LogP contribution in [0.5, 0.6) is 11.5 Å². The highest BCUT2D eigenvalue weighted by Crippen LogP contribution is 2.18. The summed E-state index contributed by atoms with van der Waals surface area (Å²) in [5, 5.41) is 2.91. The highest BCUT2D eigenvalue weighted by molar-refractivity contribution is 9.10. The van der Waals surface area contributed by atoms with Gasteiger partial charge in [0.15, 0.2) is 6.61 Å². The molecule has 0 saturated carbocycles. The van der Waals surface area contributed by atoms with Crippen LogP contribution in [-0.4, -0.2) is 42.5 Å². The van der Waals surface area contributed by atoms with Gasteiger partial charge in [0.2, 0.25) is 5.91 Å². The number of halogens is 1. The Hall–Kier alpha value is -2.54. The first kappa shape index (κ1) is 23.7. The molecule has 2 amide bonds. The van der Waals surface area contributed by atoms with Crippen molar-refractivity contribution in [3.05, 3.63) is 58.6 Å². The van der Waals surface area contributed by atoms with E-state index < -0.39 is 6.04 Å². The fourth-order valence-electron chi connectivity index (χ4n) is 2.99. The Morgan fingerprint density at radius 1 is 1.03 bits per heavy atom. The van der Waals surface area contributed by atoms with Gasteiger partial charge in [0.25, 0.3) is 5.91 Å². The first-order valence-corrected chi connectivity index (χ1v) is 10.7. The number of carbonyl (C=O) groups is 2. The molecule has 6 nitrogen and oxygen atoms in total. The Bertz CT molecular complexity index is 822. The van der Waals surface area contributed by atoms with Crippen LogP contribution in [0.25, 0.3) is 0 Å². The third kappa shape index (κ3) is 7.06. The zero-order valence-electron chi connectivity index (χ0n) is 17.9. The maximum absolute atomic E-state index is 13.1. The minimum Gasteiger partial charge on any atom is -0.497 e. The summed E-state index contributed by atoms with van der Waals surface area (Å²) >= 11 is 3.38. The molecule has 2 aromatic carbocycles. The first-order valence-electron chi connectivity index (χ1n) is 9.95. The van der Waals surface area contributed by atoms with Crippen LogP contribution in [0.4, 0.5) is 0 Å². The van der Waals surface area contributed by atoms with Crippen molar-refractivity contribution in [2.75, 3.05) is 13.7 Å². The van der Waals surface area contributed by atoms with Crippen molar-refractivity contribution < 1.29 is 19.1 Å². The largest absolute Gasteiger partial charge is 0.497 e. The van der Waals surface area contributed by atoms with Crippen LogP contribution in [0.1, 0.15) is 32.8 Å². The SMILES string of the molecule is CC[C@@H](C(=O)NC(C)C)N(Cc1ccc(OC)cc1)C(=O)COc1ccc(Br)cc1. The van der Waals surface area contributed by atoms with Crippen molar-refractivity contribution in [2.45, 2.75) is 45.8 Å². The molecule has 0 aliphatic heterocycles. The number of methoxy groups -OCH3 is 1. The lowest BCUT2D eigenvalue weighted by Crippen LogP contribution is -2.51. The molecule has 0 aliphatic rings. The molecule has 0 aliphatic carbocycles. The second kappa shape index (κ2) is 11.6. The highest BCUT2D eigenvalue weighted by Gasteiger charge is 2.29. The highest BCUT2D eigenvalue weighted by atomic mass is 79.9. The molecular weight excluding hydrogens is 448 g/mol. The normalized spacial score (nSPS) is 11.7. The zero-order valence-corrected chi connectivity index (χ0v) is 19.4. The second-order valence-electron chi connectivity index (χ2n) is 7.20. The predicted molar refractivity (Wildman–Crippen MR) is 121 cm³/mol. The first-order chi connectivity index (χ1) is 14.3. The van der Waals surface area contributed by atoms with Gasteiger partial charge in [-0.2, -0.15) is 0 Å². The van der Waals surface area contributed by atoms with Crippen LogP contribution in [-0.2, 0) is 16.1 Å². The lowest BCUT2D eigenvalue weighted by Gasteiger charge is -2.31. The maximum atomic E-state index is 13.1. The van der Waals surface area contributed by atoms with E-state index in [0.717, 1.165) is 15.8 Å². The molecule has 0 saturated heterocycles. The number of nitrogens with zero attached hydrogens (tertiary/aromatic N) is 1. The van der Waals surface area contributed by atoms with Gasteiger partial charge in [-0.3, -0.25) is 9.59 Å². The fourth-order valence-corrected chi connectivity index (χ4v) is 3.25. The van der Waals surface area contributed by atoms with Crippen LogP contribution >= 0.6 is 15.9 Å². The van der Waals surface area contributed by atoms with Crippen molar-refractivity contribution in [1.82, 2.24) is 10.2 Å². The Labute approximate surface area is 186 Å². The molecule has 2 aromatic rings. The van der Waals surface area contributed by atoms with Gasteiger partial charge in [-0.15, -0.1) is 0 Å². The summed E-state index contributed by atoms with van der Waals surface area (Å²) in [6, 6.07) is 14.1. The van der Waals surface area contributed by atoms with E-state index in [4.69, 9.17) is 9.47 Å². The molecule has 0 unspecified atom stereocenters. The minimum atomic E-state index is -0.587. The molecule has 30 heavy (non-hydrogen) atoms. The van der Waals surface area contributed by atoms with Gasteiger partial charge >= 0.3 is 0 Å². The monoisotopic (exact) mass is 476 g/mol. The number of amides is 2. The van der Waals surface area contributed by atoms with Gasteiger partial charge < -0.3 is 19.7 Å². The van der Waals surface area contributed by atoms with Crippen LogP contribution in [0.2, 0.25) is 0 Å².